The van der Waals surface area contributed by atoms with Crippen molar-refractivity contribution < 1.29 is 9.84 Å². The van der Waals surface area contributed by atoms with E-state index in [9.17, 15) is 5.11 Å². The van der Waals surface area contributed by atoms with E-state index in [1.54, 1.807) is 7.11 Å². The van der Waals surface area contributed by atoms with Crippen LogP contribution in [-0.4, -0.2) is 18.4 Å². The number of aryl methyl sites for hydroxylation is 2. The number of hydrogen-bond donors (Lipinski definition) is 1. The molecule has 21 heavy (non-hydrogen) atoms. The fourth-order valence-electron chi connectivity index (χ4n) is 2.92. The Hall–Kier alpha value is -2.29. The molecule has 0 aliphatic carbocycles. The summed E-state index contributed by atoms with van der Waals surface area (Å²) < 4.78 is 5.34. The van der Waals surface area contributed by atoms with E-state index in [1.165, 1.54) is 0 Å². The minimum atomic E-state index is -0.299. The maximum Gasteiger partial charge on any atom is 0.121 e. The van der Waals surface area contributed by atoms with E-state index < -0.39 is 0 Å². The lowest BCUT2D eigenvalue weighted by molar-refractivity contribution is 0.414. The van der Waals surface area contributed by atoms with Crippen molar-refractivity contribution >= 4 is 11.9 Å². The molecule has 1 heterocycles. The fourth-order valence-corrected chi connectivity index (χ4v) is 2.92. The quantitative estimate of drug-likeness (QED) is 0.902. The molecule has 0 spiro atoms. The van der Waals surface area contributed by atoms with Gasteiger partial charge in [-0.05, 0) is 61.2 Å². The number of fused-ring (bicyclic) bond motifs is 1. The molecule has 0 aromatic heterocycles. The molecule has 1 N–H and O–H groups in total. The number of methoxy groups -OCH3 is 1. The largest absolute Gasteiger partial charge is 0.507 e. The summed E-state index contributed by atoms with van der Waals surface area (Å²) in [6.07, 6.45) is 1.97. The second-order valence-electron chi connectivity index (χ2n) is 5.80. The molecule has 0 saturated carbocycles. The molecule has 2 aromatic carbocycles. The minimum Gasteiger partial charge on any atom is -0.507 e. The summed E-state index contributed by atoms with van der Waals surface area (Å²) in [5, 5.41) is 9.98. The van der Waals surface area contributed by atoms with Gasteiger partial charge in [0.15, 0.2) is 0 Å². The Balaban J connectivity index is 2.19. The fraction of sp³-hybridized carbons (Fsp3) is 0.278. The number of rotatable bonds is 2. The molecule has 0 radical (unpaired) electrons. The van der Waals surface area contributed by atoms with Crippen molar-refractivity contribution in [3.63, 3.8) is 0 Å². The molecule has 0 bridgehead atoms. The number of ether oxygens (including phenoxy) is 1. The van der Waals surface area contributed by atoms with Gasteiger partial charge >= 0.3 is 0 Å². The van der Waals surface area contributed by atoms with E-state index in [1.807, 2.05) is 50.4 Å². The molecular weight excluding hydrogens is 262 g/mol. The third-order valence-corrected chi connectivity index (χ3v) is 4.32. The molecule has 1 unspecified atom stereocenters. The summed E-state index contributed by atoms with van der Waals surface area (Å²) in [4.78, 5) is 4.54. The summed E-state index contributed by atoms with van der Waals surface area (Å²) in [7, 11) is 1.67. The van der Waals surface area contributed by atoms with Crippen LogP contribution in [0, 0.1) is 13.8 Å². The first kappa shape index (κ1) is 13.7. The number of phenolic OH excluding ortho intramolecular Hbond substituents is 1. The van der Waals surface area contributed by atoms with Crippen LogP contribution in [0.25, 0.3) is 0 Å². The van der Waals surface area contributed by atoms with Crippen LogP contribution in [0.5, 0.6) is 11.5 Å². The highest BCUT2D eigenvalue weighted by Crippen LogP contribution is 2.44. The number of nitrogens with zero attached hydrogens (tertiary/aromatic N) is 1. The predicted octanol–water partition coefficient (Wildman–Crippen LogP) is 4.04. The van der Waals surface area contributed by atoms with E-state index in [2.05, 4.69) is 11.9 Å². The van der Waals surface area contributed by atoms with Crippen molar-refractivity contribution in [2.45, 2.75) is 26.2 Å². The molecule has 0 amide bonds. The summed E-state index contributed by atoms with van der Waals surface area (Å²) in [5.41, 5.74) is 4.71. The topological polar surface area (TPSA) is 41.8 Å². The van der Waals surface area contributed by atoms with Crippen LogP contribution in [0.15, 0.2) is 35.3 Å². The Bertz CT molecular complexity index is 726. The van der Waals surface area contributed by atoms with Crippen LogP contribution in [0.4, 0.5) is 5.69 Å². The van der Waals surface area contributed by atoms with E-state index in [0.717, 1.165) is 33.7 Å². The van der Waals surface area contributed by atoms with Gasteiger partial charge in [0, 0.05) is 6.21 Å². The summed E-state index contributed by atoms with van der Waals surface area (Å²) >= 11 is 0. The second kappa shape index (κ2) is 4.62. The van der Waals surface area contributed by atoms with Gasteiger partial charge in [0.1, 0.15) is 11.5 Å². The van der Waals surface area contributed by atoms with E-state index in [-0.39, 0.29) is 5.41 Å². The molecule has 1 aliphatic rings. The third kappa shape index (κ3) is 2.00. The lowest BCUT2D eigenvalue weighted by Crippen LogP contribution is -2.23. The minimum absolute atomic E-state index is 0.299. The van der Waals surface area contributed by atoms with Crippen molar-refractivity contribution in [3.05, 3.63) is 52.6 Å². The number of aliphatic imine (C=N–C) groups is 1. The molecule has 3 heteroatoms. The summed E-state index contributed by atoms with van der Waals surface area (Å²) in [6.45, 7) is 5.99. The van der Waals surface area contributed by atoms with E-state index >= 15 is 0 Å². The van der Waals surface area contributed by atoms with Crippen molar-refractivity contribution in [2.24, 2.45) is 4.99 Å². The zero-order chi connectivity index (χ0) is 15.2. The molecule has 3 nitrogen and oxygen atoms in total. The first-order valence-electron chi connectivity index (χ1n) is 7.00. The van der Waals surface area contributed by atoms with Crippen molar-refractivity contribution in [3.8, 4) is 11.5 Å². The lowest BCUT2D eigenvalue weighted by atomic mass is 9.77. The molecule has 2 aromatic rings. The Morgan fingerprint density at radius 2 is 1.76 bits per heavy atom. The molecule has 1 aliphatic heterocycles. The second-order valence-corrected chi connectivity index (χ2v) is 5.80. The standard InChI is InChI=1S/C18H19NO2/c1-11-7-13(8-12(2)17(11)20)18(3)10-19-16-6-5-14(21-4)9-15(16)18/h5-10,20H,1-4H3. The molecule has 1 atom stereocenters. The maximum absolute atomic E-state index is 9.98. The maximum atomic E-state index is 9.98. The molecule has 0 fully saturated rings. The molecule has 108 valence electrons. The molecule has 0 saturated heterocycles. The number of aromatic hydroxyl groups is 1. The van der Waals surface area contributed by atoms with E-state index in [4.69, 9.17) is 4.74 Å². The zero-order valence-corrected chi connectivity index (χ0v) is 12.8. The van der Waals surface area contributed by atoms with E-state index in [0.29, 0.717) is 5.75 Å². The normalized spacial score (nSPS) is 19.6. The third-order valence-electron chi connectivity index (χ3n) is 4.32. The lowest BCUT2D eigenvalue weighted by Gasteiger charge is -2.25. The Morgan fingerprint density at radius 1 is 1.10 bits per heavy atom. The van der Waals surface area contributed by atoms with Crippen LogP contribution in [-0.2, 0) is 5.41 Å². The van der Waals surface area contributed by atoms with Gasteiger partial charge in [0.05, 0.1) is 18.2 Å². The van der Waals surface area contributed by atoms with Gasteiger partial charge < -0.3 is 9.84 Å². The predicted molar refractivity (Wildman–Crippen MR) is 85.2 cm³/mol. The average molecular weight is 281 g/mol. The number of benzene rings is 2. The highest BCUT2D eigenvalue weighted by atomic mass is 16.5. The van der Waals surface area contributed by atoms with Gasteiger partial charge in [-0.3, -0.25) is 4.99 Å². The van der Waals surface area contributed by atoms with Crippen LogP contribution in [0.2, 0.25) is 0 Å². The SMILES string of the molecule is COc1ccc2c(c1)C(C)(c1cc(C)c(O)c(C)c1)C=N2. The molecular formula is C18H19NO2. The van der Waals surface area contributed by atoms with Crippen molar-refractivity contribution in [2.75, 3.05) is 7.11 Å². The van der Waals surface area contributed by atoms with Crippen LogP contribution >= 0.6 is 0 Å². The van der Waals surface area contributed by atoms with Crippen molar-refractivity contribution in [1.82, 2.24) is 0 Å². The van der Waals surface area contributed by atoms with Crippen molar-refractivity contribution in [1.29, 1.82) is 0 Å². The first-order chi connectivity index (χ1) is 9.95. The smallest absolute Gasteiger partial charge is 0.121 e. The highest BCUT2D eigenvalue weighted by Gasteiger charge is 2.34. The molecule has 3 rings (SSSR count). The van der Waals surface area contributed by atoms with Gasteiger partial charge in [-0.2, -0.15) is 0 Å². The van der Waals surface area contributed by atoms with Gasteiger partial charge in [-0.15, -0.1) is 0 Å². The van der Waals surface area contributed by atoms with Gasteiger partial charge in [-0.1, -0.05) is 12.1 Å². The summed E-state index contributed by atoms with van der Waals surface area (Å²) in [5.74, 6) is 1.20. The van der Waals surface area contributed by atoms with Crippen LogP contribution in [0.3, 0.4) is 0 Å². The summed E-state index contributed by atoms with van der Waals surface area (Å²) in [6, 6.07) is 10.0. The van der Waals surface area contributed by atoms with Gasteiger partial charge in [0.25, 0.3) is 0 Å². The van der Waals surface area contributed by atoms with Gasteiger partial charge in [-0.25, -0.2) is 0 Å². The van der Waals surface area contributed by atoms with Crippen LogP contribution in [0.1, 0.15) is 29.2 Å². The Morgan fingerprint density at radius 3 is 2.38 bits per heavy atom. The number of hydrogen-bond acceptors (Lipinski definition) is 3. The Labute approximate surface area is 124 Å². The average Bonchev–Trinajstić information content (AvgIpc) is 2.82. The first-order valence-corrected chi connectivity index (χ1v) is 7.00. The van der Waals surface area contributed by atoms with Gasteiger partial charge in [0.2, 0.25) is 0 Å². The van der Waals surface area contributed by atoms with Crippen LogP contribution < -0.4 is 4.74 Å². The Kier molecular flexibility index (Phi) is 3.01. The zero-order valence-electron chi connectivity index (χ0n) is 12.8. The monoisotopic (exact) mass is 281 g/mol. The highest BCUT2D eigenvalue weighted by molar-refractivity contribution is 5.89. The number of phenols is 1.